The van der Waals surface area contributed by atoms with Gasteiger partial charge >= 0.3 is 0 Å². The van der Waals surface area contributed by atoms with E-state index in [2.05, 4.69) is 5.32 Å². The molecule has 0 unspecified atom stereocenters. The summed E-state index contributed by atoms with van der Waals surface area (Å²) >= 11 is 0. The van der Waals surface area contributed by atoms with E-state index in [0.717, 1.165) is 18.4 Å². The number of nitrogens with one attached hydrogen (secondary N) is 1. The summed E-state index contributed by atoms with van der Waals surface area (Å²) < 4.78 is 5.07. The summed E-state index contributed by atoms with van der Waals surface area (Å²) in [7, 11) is 1.53. The predicted molar refractivity (Wildman–Crippen MR) is 71.9 cm³/mol. The van der Waals surface area contributed by atoms with Crippen molar-refractivity contribution in [3.05, 3.63) is 23.8 Å². The molecule has 18 heavy (non-hydrogen) atoms. The molecule has 1 rings (SSSR count). The monoisotopic (exact) mass is 253 g/mol. The standard InChI is InChI=1S/C14H23NO3/c1-4-14(5-2,10-16)15-9-11-7-6-8-12(18-3)13(11)17/h6-8,15-17H,4-5,9-10H2,1-3H3. The number of para-hydroxylation sites is 1. The highest BCUT2D eigenvalue weighted by Gasteiger charge is 2.24. The summed E-state index contributed by atoms with van der Waals surface area (Å²) in [6.07, 6.45) is 1.68. The van der Waals surface area contributed by atoms with E-state index < -0.39 is 0 Å². The summed E-state index contributed by atoms with van der Waals surface area (Å²) in [5, 5.41) is 22.8. The number of methoxy groups -OCH3 is 1. The van der Waals surface area contributed by atoms with Crippen LogP contribution in [0, 0.1) is 0 Å². The van der Waals surface area contributed by atoms with Crippen LogP contribution < -0.4 is 10.1 Å². The van der Waals surface area contributed by atoms with E-state index in [0.29, 0.717) is 12.3 Å². The molecule has 0 aliphatic carbocycles. The molecular formula is C14H23NO3. The Labute approximate surface area is 109 Å². The lowest BCUT2D eigenvalue weighted by molar-refractivity contribution is 0.149. The second-order valence-corrected chi connectivity index (χ2v) is 4.47. The third-order valence-electron chi connectivity index (χ3n) is 3.61. The minimum atomic E-state index is -0.282. The second-order valence-electron chi connectivity index (χ2n) is 4.47. The number of hydrogen-bond donors (Lipinski definition) is 3. The van der Waals surface area contributed by atoms with Crippen molar-refractivity contribution < 1.29 is 14.9 Å². The van der Waals surface area contributed by atoms with Crippen LogP contribution in [-0.4, -0.2) is 29.5 Å². The van der Waals surface area contributed by atoms with Crippen LogP contribution in [0.2, 0.25) is 0 Å². The molecular weight excluding hydrogens is 230 g/mol. The molecule has 0 atom stereocenters. The Hall–Kier alpha value is -1.26. The van der Waals surface area contributed by atoms with Crippen molar-refractivity contribution in [2.24, 2.45) is 0 Å². The smallest absolute Gasteiger partial charge is 0.162 e. The molecule has 0 aliphatic heterocycles. The molecule has 0 saturated carbocycles. The second kappa shape index (κ2) is 6.61. The number of phenols is 1. The molecule has 0 spiro atoms. The molecule has 4 heteroatoms. The van der Waals surface area contributed by atoms with Crippen molar-refractivity contribution in [3.63, 3.8) is 0 Å². The van der Waals surface area contributed by atoms with Gasteiger partial charge in [0.25, 0.3) is 0 Å². The van der Waals surface area contributed by atoms with E-state index in [9.17, 15) is 10.2 Å². The van der Waals surface area contributed by atoms with Gasteiger partial charge in [-0.25, -0.2) is 0 Å². The maximum atomic E-state index is 9.98. The summed E-state index contributed by atoms with van der Waals surface area (Å²) in [5.41, 5.74) is 0.490. The zero-order valence-electron chi connectivity index (χ0n) is 11.4. The zero-order valence-corrected chi connectivity index (χ0v) is 11.4. The molecule has 0 aliphatic rings. The van der Waals surface area contributed by atoms with Crippen LogP contribution in [0.4, 0.5) is 0 Å². The maximum absolute atomic E-state index is 9.98. The number of phenolic OH excluding ortho intramolecular Hbond substituents is 1. The van der Waals surface area contributed by atoms with Gasteiger partial charge in [0, 0.05) is 17.6 Å². The van der Waals surface area contributed by atoms with Crippen molar-refractivity contribution in [2.45, 2.75) is 38.8 Å². The first-order chi connectivity index (χ1) is 8.62. The Kier molecular flexibility index (Phi) is 5.44. The molecule has 0 amide bonds. The molecule has 0 bridgehead atoms. The number of rotatable bonds is 7. The minimum Gasteiger partial charge on any atom is -0.504 e. The van der Waals surface area contributed by atoms with E-state index in [4.69, 9.17) is 4.74 Å². The molecule has 102 valence electrons. The summed E-state index contributed by atoms with van der Waals surface area (Å²) in [6.45, 7) is 4.67. The van der Waals surface area contributed by atoms with Gasteiger partial charge in [-0.3, -0.25) is 0 Å². The number of ether oxygens (including phenoxy) is 1. The molecule has 1 aromatic rings. The molecule has 0 aromatic heterocycles. The molecule has 1 aromatic carbocycles. The Morgan fingerprint density at radius 1 is 1.28 bits per heavy atom. The Morgan fingerprint density at radius 3 is 2.44 bits per heavy atom. The van der Waals surface area contributed by atoms with Gasteiger partial charge in [0.15, 0.2) is 11.5 Å². The highest BCUT2D eigenvalue weighted by molar-refractivity contribution is 5.45. The molecule has 3 N–H and O–H groups in total. The van der Waals surface area contributed by atoms with Gasteiger partial charge in [0.2, 0.25) is 0 Å². The van der Waals surface area contributed by atoms with Gasteiger partial charge < -0.3 is 20.3 Å². The van der Waals surface area contributed by atoms with E-state index >= 15 is 0 Å². The lowest BCUT2D eigenvalue weighted by Crippen LogP contribution is -2.47. The zero-order chi connectivity index (χ0) is 13.6. The van der Waals surface area contributed by atoms with Crippen LogP contribution in [0.3, 0.4) is 0 Å². The van der Waals surface area contributed by atoms with Crippen molar-refractivity contribution >= 4 is 0 Å². The van der Waals surface area contributed by atoms with E-state index in [1.165, 1.54) is 7.11 Å². The quantitative estimate of drug-likeness (QED) is 0.696. The van der Waals surface area contributed by atoms with E-state index in [-0.39, 0.29) is 17.9 Å². The number of aliphatic hydroxyl groups is 1. The maximum Gasteiger partial charge on any atom is 0.162 e. The minimum absolute atomic E-state index is 0.0880. The molecule has 4 nitrogen and oxygen atoms in total. The fraction of sp³-hybridized carbons (Fsp3) is 0.571. The van der Waals surface area contributed by atoms with Crippen LogP contribution in [0.25, 0.3) is 0 Å². The fourth-order valence-electron chi connectivity index (χ4n) is 1.94. The average molecular weight is 253 g/mol. The van der Waals surface area contributed by atoms with Gasteiger partial charge in [-0.05, 0) is 18.9 Å². The van der Waals surface area contributed by atoms with Crippen molar-refractivity contribution in [1.82, 2.24) is 5.32 Å². The van der Waals surface area contributed by atoms with Crippen molar-refractivity contribution in [3.8, 4) is 11.5 Å². The van der Waals surface area contributed by atoms with E-state index in [1.54, 1.807) is 6.07 Å². The molecule has 0 saturated heterocycles. The highest BCUT2D eigenvalue weighted by atomic mass is 16.5. The highest BCUT2D eigenvalue weighted by Crippen LogP contribution is 2.29. The van der Waals surface area contributed by atoms with Gasteiger partial charge in [0.1, 0.15) is 0 Å². The first-order valence-corrected chi connectivity index (χ1v) is 6.33. The average Bonchev–Trinajstić information content (AvgIpc) is 2.42. The Balaban J connectivity index is 2.79. The number of aromatic hydroxyl groups is 1. The summed E-state index contributed by atoms with van der Waals surface area (Å²) in [6, 6.07) is 5.41. The van der Waals surface area contributed by atoms with Crippen LogP contribution in [0.1, 0.15) is 32.3 Å². The lowest BCUT2D eigenvalue weighted by atomic mass is 9.93. The van der Waals surface area contributed by atoms with Crippen LogP contribution in [0.5, 0.6) is 11.5 Å². The third kappa shape index (κ3) is 3.15. The van der Waals surface area contributed by atoms with Crippen molar-refractivity contribution in [2.75, 3.05) is 13.7 Å². The molecule has 0 heterocycles. The Morgan fingerprint density at radius 2 is 1.94 bits per heavy atom. The summed E-state index contributed by atoms with van der Waals surface area (Å²) in [4.78, 5) is 0. The predicted octanol–water partition coefficient (Wildman–Crippen LogP) is 2.04. The SMILES string of the molecule is CCC(CC)(CO)NCc1cccc(OC)c1O. The molecule has 0 radical (unpaired) electrons. The first kappa shape index (κ1) is 14.8. The first-order valence-electron chi connectivity index (χ1n) is 6.33. The largest absolute Gasteiger partial charge is 0.504 e. The van der Waals surface area contributed by atoms with Gasteiger partial charge in [-0.15, -0.1) is 0 Å². The van der Waals surface area contributed by atoms with Crippen LogP contribution >= 0.6 is 0 Å². The van der Waals surface area contributed by atoms with Gasteiger partial charge in [0.05, 0.1) is 13.7 Å². The number of hydrogen-bond acceptors (Lipinski definition) is 4. The lowest BCUT2D eigenvalue weighted by Gasteiger charge is -2.31. The van der Waals surface area contributed by atoms with Crippen LogP contribution in [-0.2, 0) is 6.54 Å². The normalized spacial score (nSPS) is 11.6. The number of aliphatic hydroxyl groups excluding tert-OH is 1. The van der Waals surface area contributed by atoms with Gasteiger partial charge in [-0.1, -0.05) is 26.0 Å². The van der Waals surface area contributed by atoms with Crippen molar-refractivity contribution in [1.29, 1.82) is 0 Å². The van der Waals surface area contributed by atoms with Crippen LogP contribution in [0.15, 0.2) is 18.2 Å². The van der Waals surface area contributed by atoms with Gasteiger partial charge in [-0.2, -0.15) is 0 Å². The number of benzene rings is 1. The fourth-order valence-corrected chi connectivity index (χ4v) is 1.94. The summed E-state index contributed by atoms with van der Waals surface area (Å²) in [5.74, 6) is 0.628. The third-order valence-corrected chi connectivity index (χ3v) is 3.61. The molecule has 0 fully saturated rings. The Bertz CT molecular complexity index is 367. The topological polar surface area (TPSA) is 61.7 Å². The van der Waals surface area contributed by atoms with E-state index in [1.807, 2.05) is 26.0 Å².